The second kappa shape index (κ2) is 7.83. The van der Waals surface area contributed by atoms with Gasteiger partial charge in [-0.15, -0.1) is 0 Å². The van der Waals surface area contributed by atoms with E-state index >= 15 is 0 Å². The smallest absolute Gasteiger partial charge is 0.243 e. The molecule has 1 atom stereocenters. The first-order valence-corrected chi connectivity index (χ1v) is 9.42. The number of sulfonamides is 1. The predicted octanol–water partition coefficient (Wildman–Crippen LogP) is 2.66. The summed E-state index contributed by atoms with van der Waals surface area (Å²) in [6.07, 6.45) is 1.45. The van der Waals surface area contributed by atoms with E-state index < -0.39 is 16.1 Å². The highest BCUT2D eigenvalue weighted by atomic mass is 35.5. The van der Waals surface area contributed by atoms with Crippen molar-refractivity contribution < 1.29 is 13.2 Å². The number of halogens is 1. The Kier molecular flexibility index (Phi) is 6.68. The second-order valence-corrected chi connectivity index (χ2v) is 7.90. The molecule has 0 aliphatic rings. The number of benzene rings is 1. The summed E-state index contributed by atoms with van der Waals surface area (Å²) in [6.45, 7) is 6.24. The van der Waals surface area contributed by atoms with E-state index in [2.05, 4.69) is 5.32 Å². The third-order valence-electron chi connectivity index (χ3n) is 3.08. The molecular weight excluding hydrogens is 324 g/mol. The highest BCUT2D eigenvalue weighted by Gasteiger charge is 2.31. The van der Waals surface area contributed by atoms with E-state index in [1.54, 1.807) is 31.2 Å². The lowest BCUT2D eigenvalue weighted by Crippen LogP contribution is -2.49. The SMILES string of the molecule is CCC(C(=O)NCC(C)C)N(c1cccc(Cl)c1)S(C)(=O)=O. The molecule has 1 aromatic carbocycles. The van der Waals surface area contributed by atoms with Crippen LogP contribution in [0.4, 0.5) is 5.69 Å². The van der Waals surface area contributed by atoms with Gasteiger partial charge < -0.3 is 5.32 Å². The zero-order valence-electron chi connectivity index (χ0n) is 13.3. The van der Waals surface area contributed by atoms with Gasteiger partial charge >= 0.3 is 0 Å². The Bertz CT molecular complexity index is 617. The average molecular weight is 347 g/mol. The molecule has 124 valence electrons. The molecule has 0 radical (unpaired) electrons. The molecule has 0 saturated carbocycles. The minimum atomic E-state index is -3.62. The van der Waals surface area contributed by atoms with Gasteiger partial charge in [0.2, 0.25) is 15.9 Å². The zero-order valence-corrected chi connectivity index (χ0v) is 14.9. The van der Waals surface area contributed by atoms with Gasteiger partial charge in [-0.2, -0.15) is 0 Å². The Labute approximate surface area is 137 Å². The topological polar surface area (TPSA) is 66.5 Å². The van der Waals surface area contributed by atoms with E-state index in [1.165, 1.54) is 0 Å². The number of nitrogens with one attached hydrogen (secondary N) is 1. The van der Waals surface area contributed by atoms with E-state index in [4.69, 9.17) is 11.6 Å². The van der Waals surface area contributed by atoms with Gasteiger partial charge in [0.05, 0.1) is 11.9 Å². The van der Waals surface area contributed by atoms with Crippen molar-refractivity contribution in [3.05, 3.63) is 29.3 Å². The number of rotatable bonds is 7. The molecule has 22 heavy (non-hydrogen) atoms. The Morgan fingerprint density at radius 1 is 1.36 bits per heavy atom. The van der Waals surface area contributed by atoms with Crippen molar-refractivity contribution in [2.24, 2.45) is 5.92 Å². The van der Waals surface area contributed by atoms with Crippen molar-refractivity contribution in [3.8, 4) is 0 Å². The lowest BCUT2D eigenvalue weighted by atomic mass is 10.1. The lowest BCUT2D eigenvalue weighted by Gasteiger charge is -2.30. The van der Waals surface area contributed by atoms with Crippen molar-refractivity contribution in [2.45, 2.75) is 33.2 Å². The van der Waals surface area contributed by atoms with Crippen LogP contribution in [0, 0.1) is 5.92 Å². The molecule has 1 N–H and O–H groups in total. The fraction of sp³-hybridized carbons (Fsp3) is 0.533. The Morgan fingerprint density at radius 3 is 2.45 bits per heavy atom. The van der Waals surface area contributed by atoms with E-state index in [0.717, 1.165) is 10.6 Å². The van der Waals surface area contributed by atoms with Crippen LogP contribution in [0.15, 0.2) is 24.3 Å². The molecule has 0 aromatic heterocycles. The summed E-state index contributed by atoms with van der Waals surface area (Å²) < 4.78 is 25.5. The van der Waals surface area contributed by atoms with E-state index in [9.17, 15) is 13.2 Å². The van der Waals surface area contributed by atoms with Crippen LogP contribution in [-0.2, 0) is 14.8 Å². The van der Waals surface area contributed by atoms with Crippen LogP contribution in [-0.4, -0.2) is 33.2 Å². The average Bonchev–Trinajstić information content (AvgIpc) is 2.40. The van der Waals surface area contributed by atoms with Crippen molar-refractivity contribution in [3.63, 3.8) is 0 Å². The molecule has 0 bridgehead atoms. The van der Waals surface area contributed by atoms with Gasteiger partial charge in [-0.1, -0.05) is 38.4 Å². The number of carbonyl (C=O) groups excluding carboxylic acids is 1. The summed E-state index contributed by atoms with van der Waals surface area (Å²) in [5, 5.41) is 3.21. The fourth-order valence-electron chi connectivity index (χ4n) is 2.10. The van der Waals surface area contributed by atoms with Crippen LogP contribution >= 0.6 is 11.6 Å². The van der Waals surface area contributed by atoms with Crippen molar-refractivity contribution in [1.29, 1.82) is 0 Å². The summed E-state index contributed by atoms with van der Waals surface area (Å²) in [5.74, 6) is -0.0130. The van der Waals surface area contributed by atoms with Crippen LogP contribution in [0.3, 0.4) is 0 Å². The normalized spacial score (nSPS) is 13.0. The minimum absolute atomic E-state index is 0.291. The maximum atomic E-state index is 12.4. The van der Waals surface area contributed by atoms with Gasteiger partial charge in [0.15, 0.2) is 0 Å². The Morgan fingerprint density at radius 2 is 2.00 bits per heavy atom. The van der Waals surface area contributed by atoms with Crippen LogP contribution in [0.25, 0.3) is 0 Å². The molecule has 1 rings (SSSR count). The summed E-state index contributed by atoms with van der Waals surface area (Å²) >= 11 is 5.95. The summed E-state index contributed by atoms with van der Waals surface area (Å²) in [7, 11) is -3.62. The number of hydrogen-bond donors (Lipinski definition) is 1. The van der Waals surface area contributed by atoms with Crippen molar-refractivity contribution in [2.75, 3.05) is 17.1 Å². The Hall–Kier alpha value is -1.27. The standard InChI is InChI=1S/C15H23ClN2O3S/c1-5-14(15(19)17-10-11(2)3)18(22(4,20)21)13-8-6-7-12(16)9-13/h6-9,11,14H,5,10H2,1-4H3,(H,17,19). The van der Waals surface area contributed by atoms with Gasteiger partial charge in [-0.25, -0.2) is 8.42 Å². The number of hydrogen-bond acceptors (Lipinski definition) is 3. The number of amides is 1. The molecular formula is C15H23ClN2O3S. The zero-order chi connectivity index (χ0) is 16.9. The van der Waals surface area contributed by atoms with Gasteiger partial charge in [-0.3, -0.25) is 9.10 Å². The predicted molar refractivity (Wildman–Crippen MR) is 90.7 cm³/mol. The largest absolute Gasteiger partial charge is 0.354 e. The summed E-state index contributed by atoms with van der Waals surface area (Å²) in [4.78, 5) is 12.4. The first-order valence-electron chi connectivity index (χ1n) is 7.19. The molecule has 1 amide bonds. The van der Waals surface area contributed by atoms with Gasteiger partial charge in [0, 0.05) is 11.6 Å². The third-order valence-corrected chi connectivity index (χ3v) is 4.49. The van der Waals surface area contributed by atoms with Gasteiger partial charge in [0.25, 0.3) is 0 Å². The molecule has 0 fully saturated rings. The fourth-order valence-corrected chi connectivity index (χ4v) is 3.48. The lowest BCUT2D eigenvalue weighted by molar-refractivity contribution is -0.122. The molecule has 1 unspecified atom stereocenters. The van der Waals surface area contributed by atoms with Crippen molar-refractivity contribution >= 4 is 33.2 Å². The van der Waals surface area contributed by atoms with Gasteiger partial charge in [0.1, 0.15) is 6.04 Å². The number of anilines is 1. The molecule has 5 nitrogen and oxygen atoms in total. The summed E-state index contributed by atoms with van der Waals surface area (Å²) in [6, 6.07) is 5.69. The second-order valence-electron chi connectivity index (χ2n) is 5.60. The molecule has 1 aromatic rings. The molecule has 0 spiro atoms. The van der Waals surface area contributed by atoms with Crippen LogP contribution in [0.5, 0.6) is 0 Å². The number of nitrogens with zero attached hydrogens (tertiary/aromatic N) is 1. The quantitative estimate of drug-likeness (QED) is 0.825. The maximum absolute atomic E-state index is 12.4. The van der Waals surface area contributed by atoms with Crippen LogP contribution in [0.2, 0.25) is 5.02 Å². The van der Waals surface area contributed by atoms with Crippen molar-refractivity contribution in [1.82, 2.24) is 5.32 Å². The van der Waals surface area contributed by atoms with E-state index in [0.29, 0.717) is 29.6 Å². The first kappa shape index (κ1) is 18.8. The molecule has 0 saturated heterocycles. The number of carbonyl (C=O) groups is 1. The van der Waals surface area contributed by atoms with E-state index in [1.807, 2.05) is 13.8 Å². The van der Waals surface area contributed by atoms with Gasteiger partial charge in [-0.05, 0) is 30.5 Å². The summed E-state index contributed by atoms with van der Waals surface area (Å²) in [5.41, 5.74) is 0.390. The molecule has 0 heterocycles. The minimum Gasteiger partial charge on any atom is -0.354 e. The van der Waals surface area contributed by atoms with E-state index in [-0.39, 0.29) is 5.91 Å². The third kappa shape index (κ3) is 5.18. The molecule has 7 heteroatoms. The van der Waals surface area contributed by atoms with Crippen LogP contribution < -0.4 is 9.62 Å². The monoisotopic (exact) mass is 346 g/mol. The highest BCUT2D eigenvalue weighted by molar-refractivity contribution is 7.92. The molecule has 0 aliphatic heterocycles. The Balaban J connectivity index is 3.17. The maximum Gasteiger partial charge on any atom is 0.243 e. The van der Waals surface area contributed by atoms with Crippen LogP contribution in [0.1, 0.15) is 27.2 Å². The highest BCUT2D eigenvalue weighted by Crippen LogP contribution is 2.25. The molecule has 0 aliphatic carbocycles. The first-order chi connectivity index (χ1) is 10.2.